The van der Waals surface area contributed by atoms with Crippen LogP contribution in [0.2, 0.25) is 0 Å². The van der Waals surface area contributed by atoms with E-state index in [9.17, 15) is 0 Å². The summed E-state index contributed by atoms with van der Waals surface area (Å²) in [5.74, 6) is 2.06. The topological polar surface area (TPSA) is 69.3 Å². The minimum absolute atomic E-state index is 0. The van der Waals surface area contributed by atoms with Crippen molar-refractivity contribution in [2.75, 3.05) is 40.5 Å². The number of hydrogen-bond acceptors (Lipinski definition) is 4. The zero-order valence-corrected chi connectivity index (χ0v) is 14.7. The molecule has 1 fully saturated rings. The van der Waals surface area contributed by atoms with Crippen molar-refractivity contribution >= 4 is 29.9 Å². The van der Waals surface area contributed by atoms with Crippen molar-refractivity contribution in [2.24, 2.45) is 10.7 Å². The molecule has 0 saturated carbocycles. The third kappa shape index (κ3) is 4.92. The molecule has 1 aromatic carbocycles. The Balaban J connectivity index is 0.00000220. The summed E-state index contributed by atoms with van der Waals surface area (Å²) in [6.45, 7) is 3.45. The number of benzene rings is 1. The standard InChI is InChI=1S/C14H21N3O3.HI/c1-18-12-4-3-11(13(9-12)19-2)10-16-14(15)17-5-7-20-8-6-17;/h3-4,9H,5-8,10H2,1-2H3,(H2,15,16);1H. The molecular formula is C14H22IN3O3. The molecule has 1 saturated heterocycles. The lowest BCUT2D eigenvalue weighted by Crippen LogP contribution is -2.44. The van der Waals surface area contributed by atoms with Crippen LogP contribution >= 0.6 is 24.0 Å². The van der Waals surface area contributed by atoms with Gasteiger partial charge < -0.3 is 24.8 Å². The lowest BCUT2D eigenvalue weighted by molar-refractivity contribution is 0.0674. The van der Waals surface area contributed by atoms with E-state index in [0.29, 0.717) is 25.7 Å². The highest BCUT2D eigenvalue weighted by Gasteiger charge is 2.12. The highest BCUT2D eigenvalue weighted by atomic mass is 127. The summed E-state index contributed by atoms with van der Waals surface area (Å²) < 4.78 is 15.8. The molecule has 0 unspecified atom stereocenters. The summed E-state index contributed by atoms with van der Waals surface area (Å²) in [5.41, 5.74) is 6.98. The highest BCUT2D eigenvalue weighted by Crippen LogP contribution is 2.25. The fraction of sp³-hybridized carbons (Fsp3) is 0.500. The van der Waals surface area contributed by atoms with Crippen molar-refractivity contribution in [1.82, 2.24) is 4.90 Å². The number of rotatable bonds is 4. The van der Waals surface area contributed by atoms with Crippen LogP contribution in [0, 0.1) is 0 Å². The van der Waals surface area contributed by atoms with E-state index in [4.69, 9.17) is 19.9 Å². The van der Waals surface area contributed by atoms with Crippen LogP contribution in [-0.2, 0) is 11.3 Å². The maximum atomic E-state index is 6.00. The van der Waals surface area contributed by atoms with Gasteiger partial charge in [0.05, 0.1) is 34.0 Å². The van der Waals surface area contributed by atoms with Crippen molar-refractivity contribution in [3.05, 3.63) is 23.8 Å². The van der Waals surface area contributed by atoms with Gasteiger partial charge in [0.2, 0.25) is 0 Å². The molecule has 0 atom stereocenters. The SMILES string of the molecule is COc1ccc(CN=C(N)N2CCOCC2)c(OC)c1.I. The van der Waals surface area contributed by atoms with Gasteiger partial charge in [-0.3, -0.25) is 0 Å². The Bertz CT molecular complexity index is 477. The van der Waals surface area contributed by atoms with E-state index in [1.54, 1.807) is 14.2 Å². The second kappa shape index (κ2) is 8.93. The molecule has 0 spiro atoms. The lowest BCUT2D eigenvalue weighted by atomic mass is 10.2. The molecule has 1 heterocycles. The molecule has 0 radical (unpaired) electrons. The van der Waals surface area contributed by atoms with Crippen molar-refractivity contribution in [1.29, 1.82) is 0 Å². The van der Waals surface area contributed by atoms with Crippen molar-refractivity contribution < 1.29 is 14.2 Å². The summed E-state index contributed by atoms with van der Waals surface area (Å²) in [4.78, 5) is 6.45. The number of halogens is 1. The number of aliphatic imine (C=N–C) groups is 1. The number of nitrogens with zero attached hydrogens (tertiary/aromatic N) is 2. The van der Waals surface area contributed by atoms with E-state index in [0.717, 1.165) is 30.2 Å². The fourth-order valence-electron chi connectivity index (χ4n) is 2.04. The van der Waals surface area contributed by atoms with Gasteiger partial charge >= 0.3 is 0 Å². The molecule has 21 heavy (non-hydrogen) atoms. The van der Waals surface area contributed by atoms with Crippen LogP contribution in [0.1, 0.15) is 5.56 Å². The van der Waals surface area contributed by atoms with Gasteiger partial charge in [-0.05, 0) is 12.1 Å². The highest BCUT2D eigenvalue weighted by molar-refractivity contribution is 14.0. The first-order valence-electron chi connectivity index (χ1n) is 6.58. The number of guanidine groups is 1. The molecule has 6 nitrogen and oxygen atoms in total. The van der Waals surface area contributed by atoms with Gasteiger partial charge in [0.1, 0.15) is 11.5 Å². The lowest BCUT2D eigenvalue weighted by Gasteiger charge is -2.27. The molecule has 0 aliphatic carbocycles. The molecule has 1 aliphatic rings. The summed E-state index contributed by atoms with van der Waals surface area (Å²) >= 11 is 0. The smallest absolute Gasteiger partial charge is 0.191 e. The Labute approximate surface area is 142 Å². The Morgan fingerprint density at radius 1 is 1.29 bits per heavy atom. The fourth-order valence-corrected chi connectivity index (χ4v) is 2.04. The molecule has 0 amide bonds. The number of ether oxygens (including phenoxy) is 3. The molecule has 7 heteroatoms. The zero-order valence-electron chi connectivity index (χ0n) is 12.4. The van der Waals surface area contributed by atoms with Gasteiger partial charge in [0.15, 0.2) is 5.96 Å². The van der Waals surface area contributed by atoms with Crippen LogP contribution in [0.5, 0.6) is 11.5 Å². The third-order valence-electron chi connectivity index (χ3n) is 3.24. The molecule has 1 aromatic rings. The molecule has 0 aromatic heterocycles. The second-order valence-corrected chi connectivity index (χ2v) is 4.45. The van der Waals surface area contributed by atoms with E-state index < -0.39 is 0 Å². The molecule has 1 aliphatic heterocycles. The Kier molecular flexibility index (Phi) is 7.58. The van der Waals surface area contributed by atoms with Crippen LogP contribution in [0.25, 0.3) is 0 Å². The number of morpholine rings is 1. The molecular weight excluding hydrogens is 385 g/mol. The summed E-state index contributed by atoms with van der Waals surface area (Å²) in [5, 5.41) is 0. The van der Waals surface area contributed by atoms with Gasteiger partial charge in [-0.15, -0.1) is 24.0 Å². The second-order valence-electron chi connectivity index (χ2n) is 4.45. The maximum Gasteiger partial charge on any atom is 0.191 e. The van der Waals surface area contributed by atoms with E-state index in [2.05, 4.69) is 4.99 Å². The van der Waals surface area contributed by atoms with Crippen LogP contribution < -0.4 is 15.2 Å². The largest absolute Gasteiger partial charge is 0.497 e. The zero-order chi connectivity index (χ0) is 14.4. The Morgan fingerprint density at radius 3 is 2.62 bits per heavy atom. The van der Waals surface area contributed by atoms with Gasteiger partial charge in [-0.1, -0.05) is 0 Å². The summed E-state index contributed by atoms with van der Waals surface area (Å²) in [7, 11) is 3.26. The van der Waals surface area contributed by atoms with Gasteiger partial charge in [-0.25, -0.2) is 4.99 Å². The van der Waals surface area contributed by atoms with Gasteiger partial charge in [-0.2, -0.15) is 0 Å². The first-order valence-corrected chi connectivity index (χ1v) is 6.58. The predicted molar refractivity (Wildman–Crippen MR) is 92.7 cm³/mol. The monoisotopic (exact) mass is 407 g/mol. The molecule has 2 rings (SSSR count). The normalized spacial score (nSPS) is 15.3. The van der Waals surface area contributed by atoms with Crippen molar-refractivity contribution in [2.45, 2.75) is 6.54 Å². The van der Waals surface area contributed by atoms with Gasteiger partial charge in [0, 0.05) is 24.7 Å². The number of hydrogen-bond donors (Lipinski definition) is 1. The van der Waals surface area contributed by atoms with Crippen LogP contribution in [0.4, 0.5) is 0 Å². The van der Waals surface area contributed by atoms with Crippen molar-refractivity contribution in [3.8, 4) is 11.5 Å². The van der Waals surface area contributed by atoms with Crippen LogP contribution in [0.15, 0.2) is 23.2 Å². The molecule has 118 valence electrons. The minimum atomic E-state index is 0. The minimum Gasteiger partial charge on any atom is -0.497 e. The number of nitrogens with two attached hydrogens (primary N) is 1. The third-order valence-corrected chi connectivity index (χ3v) is 3.24. The van der Waals surface area contributed by atoms with E-state index in [-0.39, 0.29) is 24.0 Å². The van der Waals surface area contributed by atoms with E-state index >= 15 is 0 Å². The van der Waals surface area contributed by atoms with Crippen LogP contribution in [-0.4, -0.2) is 51.4 Å². The summed E-state index contributed by atoms with van der Waals surface area (Å²) in [6, 6.07) is 5.67. The predicted octanol–water partition coefficient (Wildman–Crippen LogP) is 1.47. The van der Waals surface area contributed by atoms with E-state index in [1.807, 2.05) is 23.1 Å². The summed E-state index contributed by atoms with van der Waals surface area (Å²) in [6.07, 6.45) is 0. The van der Waals surface area contributed by atoms with Crippen molar-refractivity contribution in [3.63, 3.8) is 0 Å². The Hall–Kier alpha value is -1.22. The first kappa shape index (κ1) is 17.8. The van der Waals surface area contributed by atoms with Gasteiger partial charge in [0.25, 0.3) is 0 Å². The van der Waals surface area contributed by atoms with E-state index in [1.165, 1.54) is 0 Å². The average molecular weight is 407 g/mol. The average Bonchev–Trinajstić information content (AvgIpc) is 2.53. The molecule has 2 N–H and O–H groups in total. The van der Waals surface area contributed by atoms with Crippen LogP contribution in [0.3, 0.4) is 0 Å². The first-order chi connectivity index (χ1) is 9.74. The molecule has 0 bridgehead atoms. The quantitative estimate of drug-likeness (QED) is 0.465. The Morgan fingerprint density at radius 2 is 2.00 bits per heavy atom. The number of methoxy groups -OCH3 is 2. The maximum absolute atomic E-state index is 6.00.